The molecular formula is C8H16N2. The standard InChI is InChI=1S/C8H16N2/c1-4-6-10(7-5-2)8(3)9/h4-5,8H,1-2,6-7,9H2,3H3. The fraction of sp³-hybridized carbons (Fsp3) is 0.500. The Morgan fingerprint density at radius 3 is 2.00 bits per heavy atom. The van der Waals surface area contributed by atoms with Gasteiger partial charge < -0.3 is 5.73 Å². The fourth-order valence-electron chi connectivity index (χ4n) is 0.739. The molecule has 0 aliphatic carbocycles. The summed E-state index contributed by atoms with van der Waals surface area (Å²) in [6, 6.07) is 0. The van der Waals surface area contributed by atoms with Crippen LogP contribution >= 0.6 is 0 Å². The van der Waals surface area contributed by atoms with Crippen molar-refractivity contribution in [1.29, 1.82) is 0 Å². The molecule has 0 radical (unpaired) electrons. The van der Waals surface area contributed by atoms with E-state index in [-0.39, 0.29) is 6.17 Å². The summed E-state index contributed by atoms with van der Waals surface area (Å²) in [6.07, 6.45) is 3.76. The lowest BCUT2D eigenvalue weighted by atomic mass is 10.4. The summed E-state index contributed by atoms with van der Waals surface area (Å²) in [4.78, 5) is 2.07. The van der Waals surface area contributed by atoms with Gasteiger partial charge in [0, 0.05) is 13.1 Å². The smallest absolute Gasteiger partial charge is 0.0548 e. The van der Waals surface area contributed by atoms with Crippen LogP contribution in [0.4, 0.5) is 0 Å². The number of rotatable bonds is 5. The van der Waals surface area contributed by atoms with Gasteiger partial charge in [-0.2, -0.15) is 0 Å². The third kappa shape index (κ3) is 3.43. The van der Waals surface area contributed by atoms with E-state index in [1.165, 1.54) is 0 Å². The Kier molecular flexibility index (Phi) is 4.89. The van der Waals surface area contributed by atoms with Crippen LogP contribution < -0.4 is 5.73 Å². The molecule has 0 aromatic carbocycles. The van der Waals surface area contributed by atoms with Crippen molar-refractivity contribution in [3.05, 3.63) is 25.3 Å². The highest BCUT2D eigenvalue weighted by atomic mass is 15.2. The van der Waals surface area contributed by atoms with Gasteiger partial charge in [-0.3, -0.25) is 4.90 Å². The van der Waals surface area contributed by atoms with Gasteiger partial charge in [-0.15, -0.1) is 13.2 Å². The quantitative estimate of drug-likeness (QED) is 0.455. The van der Waals surface area contributed by atoms with Crippen molar-refractivity contribution < 1.29 is 0 Å². The normalized spacial score (nSPS) is 13.1. The summed E-state index contributed by atoms with van der Waals surface area (Å²) >= 11 is 0. The molecule has 0 aliphatic heterocycles. The molecule has 0 saturated heterocycles. The monoisotopic (exact) mass is 140 g/mol. The van der Waals surface area contributed by atoms with E-state index in [9.17, 15) is 0 Å². The molecule has 0 fully saturated rings. The first kappa shape index (κ1) is 9.40. The first-order valence-corrected chi connectivity index (χ1v) is 3.43. The first-order chi connectivity index (χ1) is 4.72. The molecule has 0 aliphatic rings. The number of nitrogens with two attached hydrogens (primary N) is 1. The maximum atomic E-state index is 5.64. The van der Waals surface area contributed by atoms with E-state index in [1.807, 2.05) is 19.1 Å². The van der Waals surface area contributed by atoms with Gasteiger partial charge in [-0.05, 0) is 6.92 Å². The number of nitrogens with zero attached hydrogens (tertiary/aromatic N) is 1. The van der Waals surface area contributed by atoms with Gasteiger partial charge in [0.05, 0.1) is 6.17 Å². The lowest BCUT2D eigenvalue weighted by molar-refractivity contribution is 0.262. The Hall–Kier alpha value is -0.600. The van der Waals surface area contributed by atoms with Crippen LogP contribution in [0.3, 0.4) is 0 Å². The molecule has 0 amide bonds. The van der Waals surface area contributed by atoms with Crippen LogP contribution in [-0.4, -0.2) is 24.2 Å². The van der Waals surface area contributed by atoms with Crippen LogP contribution in [0, 0.1) is 0 Å². The van der Waals surface area contributed by atoms with Crippen LogP contribution in [0.2, 0.25) is 0 Å². The SMILES string of the molecule is C=CCN(CC=C)C(C)N. The third-order valence-corrected chi connectivity index (χ3v) is 1.30. The van der Waals surface area contributed by atoms with Crippen molar-refractivity contribution in [2.75, 3.05) is 13.1 Å². The second kappa shape index (κ2) is 5.21. The van der Waals surface area contributed by atoms with Crippen LogP contribution in [0.25, 0.3) is 0 Å². The Morgan fingerprint density at radius 2 is 1.80 bits per heavy atom. The molecule has 2 nitrogen and oxygen atoms in total. The summed E-state index contributed by atoms with van der Waals surface area (Å²) in [6.45, 7) is 10.9. The molecule has 0 bridgehead atoms. The highest BCUT2D eigenvalue weighted by Gasteiger charge is 2.03. The lowest BCUT2D eigenvalue weighted by Crippen LogP contribution is -2.39. The van der Waals surface area contributed by atoms with E-state index >= 15 is 0 Å². The van der Waals surface area contributed by atoms with Gasteiger partial charge in [0.1, 0.15) is 0 Å². The van der Waals surface area contributed by atoms with Crippen molar-refractivity contribution >= 4 is 0 Å². The average molecular weight is 140 g/mol. The predicted molar refractivity (Wildman–Crippen MR) is 45.6 cm³/mol. The molecule has 0 rings (SSSR count). The maximum Gasteiger partial charge on any atom is 0.0548 e. The molecule has 0 heterocycles. The van der Waals surface area contributed by atoms with E-state index in [4.69, 9.17) is 5.73 Å². The largest absolute Gasteiger partial charge is 0.316 e. The van der Waals surface area contributed by atoms with Crippen molar-refractivity contribution in [2.24, 2.45) is 5.73 Å². The Morgan fingerprint density at radius 1 is 1.40 bits per heavy atom. The summed E-state index contributed by atoms with van der Waals surface area (Å²) in [7, 11) is 0. The number of hydrogen-bond acceptors (Lipinski definition) is 2. The van der Waals surface area contributed by atoms with Crippen LogP contribution in [0.5, 0.6) is 0 Å². The minimum atomic E-state index is 0.0796. The van der Waals surface area contributed by atoms with Crippen molar-refractivity contribution in [2.45, 2.75) is 13.1 Å². The van der Waals surface area contributed by atoms with E-state index in [0.29, 0.717) is 0 Å². The molecular weight excluding hydrogens is 124 g/mol. The van der Waals surface area contributed by atoms with Gasteiger partial charge in [-0.1, -0.05) is 12.2 Å². The first-order valence-electron chi connectivity index (χ1n) is 3.43. The van der Waals surface area contributed by atoms with Crippen molar-refractivity contribution in [1.82, 2.24) is 4.90 Å². The summed E-state index contributed by atoms with van der Waals surface area (Å²) in [5.41, 5.74) is 5.64. The van der Waals surface area contributed by atoms with Gasteiger partial charge >= 0.3 is 0 Å². The molecule has 1 unspecified atom stereocenters. The molecule has 0 aromatic heterocycles. The van der Waals surface area contributed by atoms with Crippen LogP contribution in [0.15, 0.2) is 25.3 Å². The topological polar surface area (TPSA) is 29.3 Å². The van der Waals surface area contributed by atoms with E-state index in [0.717, 1.165) is 13.1 Å². The molecule has 2 heteroatoms. The van der Waals surface area contributed by atoms with E-state index < -0.39 is 0 Å². The van der Waals surface area contributed by atoms with Crippen LogP contribution in [-0.2, 0) is 0 Å². The summed E-state index contributed by atoms with van der Waals surface area (Å²) in [5, 5.41) is 0. The summed E-state index contributed by atoms with van der Waals surface area (Å²) < 4.78 is 0. The minimum absolute atomic E-state index is 0.0796. The zero-order valence-corrected chi connectivity index (χ0v) is 6.59. The second-order valence-corrected chi connectivity index (χ2v) is 2.27. The molecule has 2 N–H and O–H groups in total. The fourth-order valence-corrected chi connectivity index (χ4v) is 0.739. The Balaban J connectivity index is 3.70. The van der Waals surface area contributed by atoms with Gasteiger partial charge in [0.25, 0.3) is 0 Å². The molecule has 0 aromatic rings. The van der Waals surface area contributed by atoms with E-state index in [2.05, 4.69) is 18.1 Å². The highest BCUT2D eigenvalue weighted by Crippen LogP contribution is 1.91. The summed E-state index contributed by atoms with van der Waals surface area (Å²) in [5.74, 6) is 0. The van der Waals surface area contributed by atoms with Crippen molar-refractivity contribution in [3.8, 4) is 0 Å². The lowest BCUT2D eigenvalue weighted by Gasteiger charge is -2.22. The molecule has 0 saturated carbocycles. The molecule has 10 heavy (non-hydrogen) atoms. The zero-order valence-electron chi connectivity index (χ0n) is 6.59. The minimum Gasteiger partial charge on any atom is -0.316 e. The molecule has 0 spiro atoms. The maximum absolute atomic E-state index is 5.64. The Labute approximate surface area is 63.0 Å². The zero-order chi connectivity index (χ0) is 7.98. The molecule has 1 atom stereocenters. The van der Waals surface area contributed by atoms with Gasteiger partial charge in [0.15, 0.2) is 0 Å². The van der Waals surface area contributed by atoms with Crippen LogP contribution in [0.1, 0.15) is 6.92 Å². The molecule has 58 valence electrons. The van der Waals surface area contributed by atoms with Gasteiger partial charge in [-0.25, -0.2) is 0 Å². The second-order valence-electron chi connectivity index (χ2n) is 2.27. The average Bonchev–Trinajstić information content (AvgIpc) is 1.87. The predicted octanol–water partition coefficient (Wildman–Crippen LogP) is 0.965. The highest BCUT2D eigenvalue weighted by molar-refractivity contribution is 4.80. The van der Waals surface area contributed by atoms with E-state index in [1.54, 1.807) is 0 Å². The third-order valence-electron chi connectivity index (χ3n) is 1.30. The Bertz CT molecular complexity index is 97.8. The van der Waals surface area contributed by atoms with Gasteiger partial charge in [0.2, 0.25) is 0 Å². The number of hydrogen-bond donors (Lipinski definition) is 1. The van der Waals surface area contributed by atoms with Crippen molar-refractivity contribution in [3.63, 3.8) is 0 Å².